The molecule has 0 aromatic heterocycles. The van der Waals surface area contributed by atoms with E-state index in [0.717, 1.165) is 23.4 Å². The van der Waals surface area contributed by atoms with E-state index >= 15 is 0 Å². The second-order valence-electron chi connectivity index (χ2n) is 6.93. The van der Waals surface area contributed by atoms with Crippen LogP contribution in [0.15, 0.2) is 84.0 Å². The third-order valence-electron chi connectivity index (χ3n) is 5.13. The van der Waals surface area contributed by atoms with Crippen molar-refractivity contribution in [3.63, 3.8) is 0 Å². The fraction of sp³-hybridized carbons (Fsp3) is 0.174. The minimum absolute atomic E-state index is 0.198. The fourth-order valence-electron chi connectivity index (χ4n) is 3.88. The number of ether oxygens (including phenoxy) is 1. The van der Waals surface area contributed by atoms with Crippen LogP contribution in [-0.2, 0) is 0 Å². The van der Waals surface area contributed by atoms with Gasteiger partial charge in [-0.1, -0.05) is 78.4 Å². The number of rotatable bonds is 2. The van der Waals surface area contributed by atoms with Crippen LogP contribution in [0.2, 0.25) is 0 Å². The zero-order valence-corrected chi connectivity index (χ0v) is 14.7. The van der Waals surface area contributed by atoms with Gasteiger partial charge < -0.3 is 4.74 Å². The number of nitrogens with zero attached hydrogens (tertiary/aromatic N) is 2. The molecule has 0 bridgehead atoms. The SMILES string of the molecule is Cc1cccc([C@@H]2Oc3ccccc3[C@@H]3CC(c4ccccc4)=NN32)c1. The lowest BCUT2D eigenvalue weighted by atomic mass is 9.96. The smallest absolute Gasteiger partial charge is 0.213 e. The largest absolute Gasteiger partial charge is 0.464 e. The molecule has 0 aliphatic carbocycles. The number of para-hydroxylation sites is 1. The lowest BCUT2D eigenvalue weighted by molar-refractivity contribution is -0.0190. The zero-order valence-electron chi connectivity index (χ0n) is 14.7. The molecule has 2 aliphatic heterocycles. The van der Waals surface area contributed by atoms with E-state index in [1.54, 1.807) is 0 Å². The standard InChI is InChI=1S/C23H20N2O/c1-16-8-7-11-18(14-16)23-25-21(19-12-5-6-13-22(19)26-23)15-20(24-25)17-9-3-2-4-10-17/h2-14,21,23H,15H2,1H3/t21-,23-/m0/s1. The maximum Gasteiger partial charge on any atom is 0.213 e. The van der Waals surface area contributed by atoms with E-state index in [1.807, 2.05) is 12.1 Å². The summed E-state index contributed by atoms with van der Waals surface area (Å²) >= 11 is 0. The van der Waals surface area contributed by atoms with Gasteiger partial charge in [-0.3, -0.25) is 0 Å². The number of aryl methyl sites for hydroxylation is 1. The van der Waals surface area contributed by atoms with E-state index < -0.39 is 0 Å². The Balaban J connectivity index is 1.61. The molecule has 0 saturated carbocycles. The van der Waals surface area contributed by atoms with E-state index in [9.17, 15) is 0 Å². The molecule has 128 valence electrons. The number of hydrogen-bond acceptors (Lipinski definition) is 3. The van der Waals surface area contributed by atoms with Crippen molar-refractivity contribution in [3.05, 3.63) is 101 Å². The van der Waals surface area contributed by atoms with Crippen LogP contribution in [0.5, 0.6) is 5.75 Å². The highest BCUT2D eigenvalue weighted by Crippen LogP contribution is 2.47. The van der Waals surface area contributed by atoms with Crippen molar-refractivity contribution in [2.45, 2.75) is 25.6 Å². The van der Waals surface area contributed by atoms with Crippen LogP contribution < -0.4 is 4.74 Å². The van der Waals surface area contributed by atoms with Crippen LogP contribution >= 0.6 is 0 Å². The Morgan fingerprint density at radius 2 is 1.73 bits per heavy atom. The highest BCUT2D eigenvalue weighted by molar-refractivity contribution is 6.01. The van der Waals surface area contributed by atoms with Crippen molar-refractivity contribution in [2.75, 3.05) is 0 Å². The first kappa shape index (κ1) is 15.2. The summed E-state index contributed by atoms with van der Waals surface area (Å²) in [6.07, 6.45) is 0.697. The second-order valence-corrected chi connectivity index (χ2v) is 6.93. The lowest BCUT2D eigenvalue weighted by Gasteiger charge is -2.38. The Morgan fingerprint density at radius 3 is 2.58 bits per heavy atom. The molecule has 3 nitrogen and oxygen atoms in total. The molecular formula is C23H20N2O. The van der Waals surface area contributed by atoms with Gasteiger partial charge in [-0.05, 0) is 18.6 Å². The van der Waals surface area contributed by atoms with Crippen molar-refractivity contribution in [3.8, 4) is 5.75 Å². The minimum atomic E-state index is -0.198. The molecular weight excluding hydrogens is 320 g/mol. The summed E-state index contributed by atoms with van der Waals surface area (Å²) in [6, 6.07) is 27.5. The molecule has 5 rings (SSSR count). The quantitative estimate of drug-likeness (QED) is 0.637. The molecule has 0 fully saturated rings. The zero-order chi connectivity index (χ0) is 17.5. The molecule has 3 heteroatoms. The van der Waals surface area contributed by atoms with Crippen molar-refractivity contribution in [1.29, 1.82) is 0 Å². The van der Waals surface area contributed by atoms with Crippen molar-refractivity contribution >= 4 is 5.71 Å². The maximum atomic E-state index is 6.39. The van der Waals surface area contributed by atoms with Gasteiger partial charge in [-0.2, -0.15) is 5.10 Å². The Hall–Kier alpha value is -3.07. The summed E-state index contributed by atoms with van der Waals surface area (Å²) < 4.78 is 6.39. The van der Waals surface area contributed by atoms with Crippen molar-refractivity contribution in [2.24, 2.45) is 5.10 Å². The summed E-state index contributed by atoms with van der Waals surface area (Å²) in [5, 5.41) is 7.13. The monoisotopic (exact) mass is 340 g/mol. The Labute approximate surface area is 153 Å². The molecule has 0 radical (unpaired) electrons. The number of hydrazone groups is 1. The van der Waals surface area contributed by atoms with Gasteiger partial charge in [-0.15, -0.1) is 0 Å². The lowest BCUT2D eigenvalue weighted by Crippen LogP contribution is -2.33. The van der Waals surface area contributed by atoms with Gasteiger partial charge in [0.05, 0.1) is 11.8 Å². The van der Waals surface area contributed by atoms with Crippen LogP contribution in [0.4, 0.5) is 0 Å². The average Bonchev–Trinajstić information content (AvgIpc) is 3.14. The van der Waals surface area contributed by atoms with Crippen molar-refractivity contribution in [1.82, 2.24) is 5.01 Å². The molecule has 0 amide bonds. The Kier molecular flexibility index (Phi) is 3.52. The third kappa shape index (κ3) is 2.48. The number of fused-ring (bicyclic) bond motifs is 3. The highest BCUT2D eigenvalue weighted by Gasteiger charge is 2.40. The second kappa shape index (κ2) is 6.03. The minimum Gasteiger partial charge on any atom is -0.464 e. The summed E-state index contributed by atoms with van der Waals surface area (Å²) in [7, 11) is 0. The third-order valence-corrected chi connectivity index (χ3v) is 5.13. The summed E-state index contributed by atoms with van der Waals surface area (Å²) in [5.74, 6) is 0.963. The molecule has 2 atom stereocenters. The highest BCUT2D eigenvalue weighted by atomic mass is 16.5. The molecule has 3 aromatic rings. The van der Waals surface area contributed by atoms with Gasteiger partial charge in [-0.25, -0.2) is 5.01 Å². The molecule has 2 aliphatic rings. The van der Waals surface area contributed by atoms with Crippen LogP contribution in [0, 0.1) is 6.92 Å². The van der Waals surface area contributed by atoms with Gasteiger partial charge in [0.1, 0.15) is 5.75 Å². The number of hydrogen-bond donors (Lipinski definition) is 0. The summed E-state index contributed by atoms with van der Waals surface area (Å²) in [6.45, 7) is 2.11. The van der Waals surface area contributed by atoms with Crippen LogP contribution in [-0.4, -0.2) is 10.7 Å². The summed E-state index contributed by atoms with van der Waals surface area (Å²) in [5.41, 5.74) is 5.89. The van der Waals surface area contributed by atoms with Gasteiger partial charge in [0.15, 0.2) is 0 Å². The Morgan fingerprint density at radius 1 is 0.923 bits per heavy atom. The topological polar surface area (TPSA) is 24.8 Å². The molecule has 0 saturated heterocycles. The average molecular weight is 340 g/mol. The van der Waals surface area contributed by atoms with Gasteiger partial charge >= 0.3 is 0 Å². The van der Waals surface area contributed by atoms with E-state index in [0.29, 0.717) is 0 Å². The Bertz CT molecular complexity index is 980. The fourth-order valence-corrected chi connectivity index (χ4v) is 3.88. The van der Waals surface area contributed by atoms with Crippen molar-refractivity contribution < 1.29 is 4.74 Å². The normalized spacial score (nSPS) is 20.8. The first-order chi connectivity index (χ1) is 12.8. The number of benzene rings is 3. The molecule has 26 heavy (non-hydrogen) atoms. The van der Waals surface area contributed by atoms with E-state index in [4.69, 9.17) is 9.84 Å². The predicted octanol–water partition coefficient (Wildman–Crippen LogP) is 5.24. The van der Waals surface area contributed by atoms with Crippen LogP contribution in [0.3, 0.4) is 0 Å². The maximum absolute atomic E-state index is 6.39. The predicted molar refractivity (Wildman–Crippen MR) is 103 cm³/mol. The van der Waals surface area contributed by atoms with E-state index in [-0.39, 0.29) is 12.3 Å². The van der Waals surface area contributed by atoms with E-state index in [2.05, 4.69) is 78.7 Å². The van der Waals surface area contributed by atoms with Crippen LogP contribution in [0.1, 0.15) is 40.9 Å². The molecule has 0 N–H and O–H groups in total. The molecule has 3 aromatic carbocycles. The van der Waals surface area contributed by atoms with E-state index in [1.165, 1.54) is 16.7 Å². The first-order valence-electron chi connectivity index (χ1n) is 9.03. The van der Waals surface area contributed by atoms with Crippen LogP contribution in [0.25, 0.3) is 0 Å². The first-order valence-corrected chi connectivity index (χ1v) is 9.03. The van der Waals surface area contributed by atoms with Gasteiger partial charge in [0.25, 0.3) is 0 Å². The summed E-state index contributed by atoms with van der Waals surface area (Å²) in [4.78, 5) is 0. The van der Waals surface area contributed by atoms with Gasteiger partial charge in [0, 0.05) is 17.5 Å². The molecule has 0 unspecified atom stereocenters. The molecule has 0 spiro atoms. The molecule has 2 heterocycles. The van der Waals surface area contributed by atoms with Gasteiger partial charge in [0.2, 0.25) is 6.23 Å².